The number of sulfonamides is 1. The zero-order chi connectivity index (χ0) is 12.3. The summed E-state index contributed by atoms with van der Waals surface area (Å²) in [6.45, 7) is 6.47. The van der Waals surface area contributed by atoms with E-state index < -0.39 is 10.0 Å². The molecule has 4 heteroatoms. The maximum atomic E-state index is 11.1. The van der Waals surface area contributed by atoms with Crippen LogP contribution in [-0.2, 0) is 10.0 Å². The molecule has 90 valence electrons. The van der Waals surface area contributed by atoms with E-state index in [1.165, 1.54) is 5.56 Å². The first kappa shape index (κ1) is 13.2. The van der Waals surface area contributed by atoms with Crippen molar-refractivity contribution in [3.63, 3.8) is 0 Å². The number of hydrogen-bond acceptors (Lipinski definition) is 2. The van der Waals surface area contributed by atoms with Gasteiger partial charge >= 0.3 is 0 Å². The minimum atomic E-state index is -3.57. The fourth-order valence-corrected chi connectivity index (χ4v) is 2.51. The van der Waals surface area contributed by atoms with E-state index in [9.17, 15) is 8.42 Å². The van der Waals surface area contributed by atoms with Crippen LogP contribution in [0, 0.1) is 5.92 Å². The summed E-state index contributed by atoms with van der Waals surface area (Å²) >= 11 is 0. The number of hydrogen-bond donors (Lipinski definition) is 1. The molecule has 0 aliphatic carbocycles. The van der Waals surface area contributed by atoms with Gasteiger partial charge in [-0.15, -0.1) is 0 Å². The predicted molar refractivity (Wildman–Crippen MR) is 65.7 cm³/mol. The van der Waals surface area contributed by atoms with Crippen LogP contribution in [0.3, 0.4) is 0 Å². The molecule has 0 heterocycles. The molecule has 0 radical (unpaired) electrons. The summed E-state index contributed by atoms with van der Waals surface area (Å²) in [7, 11) is -3.57. The second-order valence-electron chi connectivity index (χ2n) is 4.37. The quantitative estimate of drug-likeness (QED) is 0.880. The van der Waals surface area contributed by atoms with Crippen LogP contribution in [-0.4, -0.2) is 8.42 Å². The van der Waals surface area contributed by atoms with Crippen LogP contribution in [0.25, 0.3) is 0 Å². The molecule has 0 amide bonds. The summed E-state index contributed by atoms with van der Waals surface area (Å²) in [5.74, 6) is 1.01. The van der Waals surface area contributed by atoms with Gasteiger partial charge in [0, 0.05) is 0 Å². The smallest absolute Gasteiger partial charge is 0.225 e. The Balaban J connectivity index is 3.03. The van der Waals surface area contributed by atoms with E-state index in [1.54, 1.807) is 12.1 Å². The van der Waals surface area contributed by atoms with Crippen LogP contribution in [0.4, 0.5) is 0 Å². The second-order valence-corrected chi connectivity index (χ2v) is 5.93. The van der Waals surface area contributed by atoms with Crippen LogP contribution >= 0.6 is 0 Å². The van der Waals surface area contributed by atoms with Crippen molar-refractivity contribution in [2.75, 3.05) is 0 Å². The Kier molecular flexibility index (Phi) is 4.10. The van der Waals surface area contributed by atoms with Crippen LogP contribution < -0.4 is 5.14 Å². The van der Waals surface area contributed by atoms with E-state index in [0.29, 0.717) is 11.8 Å². The Bertz CT molecular complexity index is 435. The Morgan fingerprint density at radius 2 is 1.69 bits per heavy atom. The van der Waals surface area contributed by atoms with Gasteiger partial charge in [-0.2, -0.15) is 0 Å². The Morgan fingerprint density at radius 3 is 2.00 bits per heavy atom. The van der Waals surface area contributed by atoms with Crippen LogP contribution in [0.5, 0.6) is 0 Å². The van der Waals surface area contributed by atoms with Gasteiger partial charge in [-0.3, -0.25) is 0 Å². The van der Waals surface area contributed by atoms with Crippen LogP contribution in [0.1, 0.15) is 38.7 Å². The lowest BCUT2D eigenvalue weighted by atomic mass is 9.86. The monoisotopic (exact) mass is 241 g/mol. The fourth-order valence-electron chi connectivity index (χ4n) is 2.00. The average Bonchev–Trinajstić information content (AvgIpc) is 2.17. The van der Waals surface area contributed by atoms with Gasteiger partial charge in [-0.25, -0.2) is 13.6 Å². The Hall–Kier alpha value is -0.870. The van der Waals surface area contributed by atoms with Gasteiger partial charge < -0.3 is 0 Å². The molecule has 0 saturated carbocycles. The topological polar surface area (TPSA) is 60.2 Å². The normalized spacial score (nSPS) is 14.1. The second kappa shape index (κ2) is 4.97. The van der Waals surface area contributed by atoms with Crippen molar-refractivity contribution in [3.8, 4) is 0 Å². The fraction of sp³-hybridized carbons (Fsp3) is 0.500. The predicted octanol–water partition coefficient (Wildman–Crippen LogP) is 2.48. The summed E-state index contributed by atoms with van der Waals surface area (Å²) < 4.78 is 22.2. The van der Waals surface area contributed by atoms with E-state index in [1.807, 2.05) is 12.1 Å². The minimum absolute atomic E-state index is 0.176. The number of nitrogens with two attached hydrogens (primary N) is 1. The highest BCUT2D eigenvalue weighted by atomic mass is 32.2. The lowest BCUT2D eigenvalue weighted by molar-refractivity contribution is 0.485. The van der Waals surface area contributed by atoms with Crippen molar-refractivity contribution in [1.29, 1.82) is 0 Å². The van der Waals surface area contributed by atoms with Gasteiger partial charge in [0.05, 0.1) is 4.90 Å². The Morgan fingerprint density at radius 1 is 1.19 bits per heavy atom. The van der Waals surface area contributed by atoms with E-state index in [2.05, 4.69) is 20.8 Å². The standard InChI is InChI=1S/C12H19NO2S/c1-4-12(9(2)3)10-5-7-11(8-6-10)16(13,14)15/h5-9,12H,4H2,1-3H3,(H2,13,14,15). The summed E-state index contributed by atoms with van der Waals surface area (Å²) in [5, 5.41) is 5.05. The largest absolute Gasteiger partial charge is 0.238 e. The number of primary sulfonamides is 1. The summed E-state index contributed by atoms with van der Waals surface area (Å²) in [5.41, 5.74) is 1.17. The van der Waals surface area contributed by atoms with Crippen molar-refractivity contribution < 1.29 is 8.42 Å². The molecule has 0 fully saturated rings. The lowest BCUT2D eigenvalue weighted by Crippen LogP contribution is -2.12. The molecule has 0 bridgehead atoms. The molecule has 0 aliphatic rings. The molecule has 1 unspecified atom stereocenters. The summed E-state index contributed by atoms with van der Waals surface area (Å²) in [6.07, 6.45) is 1.05. The lowest BCUT2D eigenvalue weighted by Gasteiger charge is -2.19. The first-order valence-electron chi connectivity index (χ1n) is 5.49. The highest BCUT2D eigenvalue weighted by molar-refractivity contribution is 7.89. The third-order valence-corrected chi connectivity index (χ3v) is 3.81. The molecule has 2 N–H and O–H groups in total. The molecule has 0 aliphatic heterocycles. The Labute approximate surface area is 97.7 Å². The molecule has 0 saturated heterocycles. The van der Waals surface area contributed by atoms with E-state index in [4.69, 9.17) is 5.14 Å². The van der Waals surface area contributed by atoms with Crippen molar-refractivity contribution in [2.45, 2.75) is 38.0 Å². The van der Waals surface area contributed by atoms with Gasteiger partial charge in [0.15, 0.2) is 0 Å². The van der Waals surface area contributed by atoms with Gasteiger partial charge in [0.2, 0.25) is 10.0 Å². The molecular weight excluding hydrogens is 222 g/mol. The van der Waals surface area contributed by atoms with Crippen molar-refractivity contribution in [1.82, 2.24) is 0 Å². The highest BCUT2D eigenvalue weighted by Crippen LogP contribution is 2.27. The average molecular weight is 241 g/mol. The number of rotatable bonds is 4. The SMILES string of the molecule is CCC(c1ccc(S(N)(=O)=O)cc1)C(C)C. The van der Waals surface area contributed by atoms with Gasteiger partial charge in [-0.05, 0) is 36.0 Å². The van der Waals surface area contributed by atoms with Crippen molar-refractivity contribution >= 4 is 10.0 Å². The molecule has 1 rings (SSSR count). The van der Waals surface area contributed by atoms with Gasteiger partial charge in [0.1, 0.15) is 0 Å². The van der Waals surface area contributed by atoms with E-state index >= 15 is 0 Å². The van der Waals surface area contributed by atoms with E-state index in [0.717, 1.165) is 6.42 Å². The van der Waals surface area contributed by atoms with Crippen LogP contribution in [0.15, 0.2) is 29.2 Å². The molecule has 1 aromatic rings. The van der Waals surface area contributed by atoms with Crippen LogP contribution in [0.2, 0.25) is 0 Å². The maximum absolute atomic E-state index is 11.1. The summed E-state index contributed by atoms with van der Waals surface area (Å²) in [4.78, 5) is 0.176. The van der Waals surface area contributed by atoms with Crippen molar-refractivity contribution in [2.24, 2.45) is 11.1 Å². The zero-order valence-corrected chi connectivity index (χ0v) is 10.8. The third kappa shape index (κ3) is 3.06. The summed E-state index contributed by atoms with van der Waals surface area (Å²) in [6, 6.07) is 6.87. The highest BCUT2D eigenvalue weighted by Gasteiger charge is 2.14. The van der Waals surface area contributed by atoms with Crippen molar-refractivity contribution in [3.05, 3.63) is 29.8 Å². The third-order valence-electron chi connectivity index (χ3n) is 2.88. The molecule has 1 aromatic carbocycles. The van der Waals surface area contributed by atoms with Gasteiger partial charge in [-0.1, -0.05) is 32.9 Å². The van der Waals surface area contributed by atoms with E-state index in [-0.39, 0.29) is 4.90 Å². The number of benzene rings is 1. The zero-order valence-electron chi connectivity index (χ0n) is 9.97. The van der Waals surface area contributed by atoms with Gasteiger partial charge in [0.25, 0.3) is 0 Å². The molecule has 0 aromatic heterocycles. The minimum Gasteiger partial charge on any atom is -0.225 e. The molecule has 16 heavy (non-hydrogen) atoms. The first-order valence-corrected chi connectivity index (χ1v) is 7.03. The molecule has 3 nitrogen and oxygen atoms in total. The maximum Gasteiger partial charge on any atom is 0.238 e. The molecule has 1 atom stereocenters. The molecule has 0 spiro atoms. The first-order chi connectivity index (χ1) is 7.36. The molecular formula is C12H19NO2S.